The highest BCUT2D eigenvalue weighted by molar-refractivity contribution is 5.74. The van der Waals surface area contributed by atoms with Crippen LogP contribution in [-0.2, 0) is 11.8 Å². The van der Waals surface area contributed by atoms with E-state index in [9.17, 15) is 4.79 Å². The third kappa shape index (κ3) is 5.03. The van der Waals surface area contributed by atoms with Gasteiger partial charge in [-0.05, 0) is 44.0 Å². The van der Waals surface area contributed by atoms with Gasteiger partial charge in [0.05, 0.1) is 17.6 Å². The number of hydrogen-bond donors (Lipinski definition) is 1. The van der Waals surface area contributed by atoms with Crippen LogP contribution >= 0.6 is 0 Å². The summed E-state index contributed by atoms with van der Waals surface area (Å²) in [5.74, 6) is 1.57. The van der Waals surface area contributed by atoms with Crippen molar-refractivity contribution in [3.63, 3.8) is 0 Å². The summed E-state index contributed by atoms with van der Waals surface area (Å²) in [6.07, 6.45) is 10.9. The summed E-state index contributed by atoms with van der Waals surface area (Å²) in [5, 5.41) is 7.67. The smallest absolute Gasteiger partial charge is 0.219 e. The van der Waals surface area contributed by atoms with Crippen molar-refractivity contribution in [3.05, 3.63) is 67.1 Å². The largest absolute Gasteiger partial charge is 0.340 e. The molecule has 0 unspecified atom stereocenters. The number of aromatic nitrogens is 6. The molecule has 0 saturated carbocycles. The van der Waals surface area contributed by atoms with Crippen LogP contribution in [0.3, 0.4) is 0 Å². The molecule has 1 fully saturated rings. The summed E-state index contributed by atoms with van der Waals surface area (Å²) < 4.78 is 1.75. The van der Waals surface area contributed by atoms with Crippen molar-refractivity contribution in [2.75, 3.05) is 11.9 Å². The lowest BCUT2D eigenvalue weighted by molar-refractivity contribution is -0.132. The fraction of sp³-hybridized carbons (Fsp3) is 0.308. The zero-order valence-corrected chi connectivity index (χ0v) is 20.1. The Morgan fingerprint density at radius 2 is 1.94 bits per heavy atom. The fourth-order valence-corrected chi connectivity index (χ4v) is 4.50. The number of nitrogens with one attached hydrogen (secondary N) is 1. The maximum absolute atomic E-state index is 12.2. The van der Waals surface area contributed by atoms with E-state index < -0.39 is 0 Å². The highest BCUT2D eigenvalue weighted by atomic mass is 16.2. The summed E-state index contributed by atoms with van der Waals surface area (Å²) in [6, 6.07) is 9.92. The second-order valence-corrected chi connectivity index (χ2v) is 8.99. The summed E-state index contributed by atoms with van der Waals surface area (Å²) in [7, 11) is 1.88. The predicted octanol–water partition coefficient (Wildman–Crippen LogP) is 4.19. The van der Waals surface area contributed by atoms with Gasteiger partial charge in [-0.2, -0.15) is 5.10 Å². The van der Waals surface area contributed by atoms with Crippen LogP contribution in [0, 0.1) is 0 Å². The molecule has 1 saturated heterocycles. The lowest BCUT2D eigenvalue weighted by Gasteiger charge is -2.37. The zero-order valence-electron chi connectivity index (χ0n) is 20.1. The van der Waals surface area contributed by atoms with Crippen LogP contribution in [0.4, 0.5) is 11.5 Å². The Kier molecular flexibility index (Phi) is 6.22. The van der Waals surface area contributed by atoms with Crippen molar-refractivity contribution in [1.29, 1.82) is 0 Å². The molecule has 9 heteroatoms. The molecule has 4 aromatic rings. The van der Waals surface area contributed by atoms with Gasteiger partial charge in [-0.3, -0.25) is 19.4 Å². The van der Waals surface area contributed by atoms with Crippen molar-refractivity contribution >= 4 is 17.4 Å². The number of rotatable bonds is 5. The van der Waals surface area contributed by atoms with Gasteiger partial charge in [-0.1, -0.05) is 0 Å². The van der Waals surface area contributed by atoms with Crippen molar-refractivity contribution in [1.82, 2.24) is 34.6 Å². The van der Waals surface area contributed by atoms with Crippen molar-refractivity contribution in [3.8, 4) is 22.5 Å². The third-order valence-corrected chi connectivity index (χ3v) is 6.39. The first kappa shape index (κ1) is 22.6. The topological polar surface area (TPSA) is 102 Å². The number of hydrogen-bond acceptors (Lipinski definition) is 7. The number of nitrogens with zero attached hydrogens (tertiary/aromatic N) is 7. The van der Waals surface area contributed by atoms with E-state index >= 15 is 0 Å². The van der Waals surface area contributed by atoms with Crippen LogP contribution < -0.4 is 5.32 Å². The Hall–Kier alpha value is -4.14. The first-order valence-electron chi connectivity index (χ1n) is 11.7. The molecule has 9 nitrogen and oxygen atoms in total. The molecule has 0 bridgehead atoms. The normalized spacial score (nSPS) is 17.9. The van der Waals surface area contributed by atoms with Gasteiger partial charge in [0.15, 0.2) is 0 Å². The molecule has 1 aliphatic heterocycles. The fourth-order valence-electron chi connectivity index (χ4n) is 4.50. The summed E-state index contributed by atoms with van der Waals surface area (Å²) in [6.45, 7) is 4.34. The van der Waals surface area contributed by atoms with Gasteiger partial charge in [0, 0.05) is 80.1 Å². The van der Waals surface area contributed by atoms with Crippen molar-refractivity contribution in [2.45, 2.75) is 38.6 Å². The SMILES string of the molecule is CC(=O)N1C[C@H](c2nc(Nc3ccnc(-c4cnn(C)c4)c3)cc(-c3cccnc3)n2)CC[C@@H]1C. The van der Waals surface area contributed by atoms with Gasteiger partial charge in [0.2, 0.25) is 5.91 Å². The van der Waals surface area contributed by atoms with E-state index in [1.807, 2.05) is 48.5 Å². The minimum Gasteiger partial charge on any atom is -0.340 e. The highest BCUT2D eigenvalue weighted by Gasteiger charge is 2.30. The number of anilines is 2. The molecule has 1 N–H and O–H groups in total. The molecule has 4 aromatic heterocycles. The van der Waals surface area contributed by atoms with Gasteiger partial charge in [-0.25, -0.2) is 9.97 Å². The molecular formula is C26H28N8O. The third-order valence-electron chi connectivity index (χ3n) is 6.39. The second-order valence-electron chi connectivity index (χ2n) is 8.99. The minimum atomic E-state index is 0.0654. The molecule has 5 heterocycles. The van der Waals surface area contributed by atoms with Crippen molar-refractivity contribution < 1.29 is 4.79 Å². The van der Waals surface area contributed by atoms with Gasteiger partial charge in [0.1, 0.15) is 11.6 Å². The van der Waals surface area contributed by atoms with E-state index in [2.05, 4.69) is 27.3 Å². The van der Waals surface area contributed by atoms with Crippen LogP contribution in [0.1, 0.15) is 38.4 Å². The van der Waals surface area contributed by atoms with Gasteiger partial charge < -0.3 is 10.2 Å². The average Bonchev–Trinajstić information content (AvgIpc) is 3.31. The van der Waals surface area contributed by atoms with Crippen molar-refractivity contribution in [2.24, 2.45) is 7.05 Å². The quantitative estimate of drug-likeness (QED) is 0.468. The highest BCUT2D eigenvalue weighted by Crippen LogP contribution is 2.31. The van der Waals surface area contributed by atoms with Crippen LogP contribution in [-0.4, -0.2) is 53.1 Å². The zero-order chi connectivity index (χ0) is 24.4. The standard InChI is InChI=1S/C26H28N8O/c1-17-6-7-20(16-34(17)18(2)35)26-31-24(19-5-4-9-27-13-19)12-25(32-26)30-22-8-10-28-23(11-22)21-14-29-33(3)15-21/h4-5,8-15,17,20H,6-7,16H2,1-3H3,(H,28,30,31,32)/t17-,20+/m0/s1. The summed E-state index contributed by atoms with van der Waals surface area (Å²) >= 11 is 0. The Morgan fingerprint density at radius 1 is 1.06 bits per heavy atom. The first-order chi connectivity index (χ1) is 17.0. The minimum absolute atomic E-state index is 0.0654. The number of piperidine rings is 1. The number of amides is 1. The molecular weight excluding hydrogens is 440 g/mol. The molecule has 0 aromatic carbocycles. The molecule has 1 amide bonds. The molecule has 2 atom stereocenters. The van der Waals surface area contributed by atoms with Crippen LogP contribution in [0.25, 0.3) is 22.5 Å². The predicted molar refractivity (Wildman–Crippen MR) is 134 cm³/mol. The van der Waals surface area contributed by atoms with E-state index in [4.69, 9.17) is 9.97 Å². The van der Waals surface area contributed by atoms with E-state index in [1.165, 1.54) is 0 Å². The molecule has 178 valence electrons. The number of pyridine rings is 2. The average molecular weight is 469 g/mol. The van der Waals surface area contributed by atoms with E-state index in [-0.39, 0.29) is 17.9 Å². The number of carbonyl (C=O) groups excluding carboxylic acids is 1. The molecule has 35 heavy (non-hydrogen) atoms. The Bertz CT molecular complexity index is 1340. The molecule has 1 aliphatic rings. The monoisotopic (exact) mass is 468 g/mol. The maximum atomic E-state index is 12.2. The summed E-state index contributed by atoms with van der Waals surface area (Å²) in [5.41, 5.74) is 4.33. The number of carbonyl (C=O) groups is 1. The number of likely N-dealkylation sites (tertiary alicyclic amines) is 1. The first-order valence-corrected chi connectivity index (χ1v) is 11.7. The summed E-state index contributed by atoms with van der Waals surface area (Å²) in [4.78, 5) is 32.6. The number of aryl methyl sites for hydroxylation is 1. The van der Waals surface area contributed by atoms with Crippen LogP contribution in [0.2, 0.25) is 0 Å². The Morgan fingerprint density at radius 3 is 2.69 bits per heavy atom. The molecule has 5 rings (SSSR count). The van der Waals surface area contributed by atoms with Gasteiger partial charge in [-0.15, -0.1) is 0 Å². The maximum Gasteiger partial charge on any atom is 0.219 e. The van der Waals surface area contributed by atoms with E-state index in [0.29, 0.717) is 12.4 Å². The van der Waals surface area contributed by atoms with Gasteiger partial charge in [0.25, 0.3) is 0 Å². The Labute approximate surface area is 204 Å². The molecule has 0 spiro atoms. The van der Waals surface area contributed by atoms with E-state index in [0.717, 1.165) is 46.9 Å². The lowest BCUT2D eigenvalue weighted by atomic mass is 9.92. The van der Waals surface area contributed by atoms with Crippen LogP contribution in [0.5, 0.6) is 0 Å². The van der Waals surface area contributed by atoms with Crippen LogP contribution in [0.15, 0.2) is 61.3 Å². The molecule has 0 aliphatic carbocycles. The Balaban J connectivity index is 1.49. The molecule has 0 radical (unpaired) electrons. The van der Waals surface area contributed by atoms with Gasteiger partial charge >= 0.3 is 0 Å². The van der Waals surface area contributed by atoms with E-state index in [1.54, 1.807) is 36.4 Å². The lowest BCUT2D eigenvalue weighted by Crippen LogP contribution is -2.44. The second kappa shape index (κ2) is 9.61.